The van der Waals surface area contributed by atoms with Crippen LogP contribution in [0.25, 0.3) is 0 Å². The highest BCUT2D eigenvalue weighted by Crippen LogP contribution is 2.19. The highest BCUT2D eigenvalue weighted by molar-refractivity contribution is 6.31. The van der Waals surface area contributed by atoms with Crippen LogP contribution in [0, 0.1) is 0 Å². The first-order valence-corrected chi connectivity index (χ1v) is 11.1. The number of carbonyl (C=O) groups excluding carboxylic acids is 1. The van der Waals surface area contributed by atoms with Crippen molar-refractivity contribution < 1.29 is 4.79 Å². The van der Waals surface area contributed by atoms with E-state index in [2.05, 4.69) is 24.0 Å². The molecule has 0 bridgehead atoms. The number of pyridine rings is 1. The largest absolute Gasteiger partial charge is 0.334 e. The number of rotatable bonds is 10. The Kier molecular flexibility index (Phi) is 8.46. The van der Waals surface area contributed by atoms with Crippen LogP contribution in [0.4, 0.5) is 0 Å². The van der Waals surface area contributed by atoms with Gasteiger partial charge in [-0.1, -0.05) is 67.8 Å². The zero-order valence-electron chi connectivity index (χ0n) is 17.6. The van der Waals surface area contributed by atoms with E-state index >= 15 is 0 Å². The summed E-state index contributed by atoms with van der Waals surface area (Å²) in [5.74, 6) is 0.0194. The molecule has 0 aliphatic rings. The molecule has 0 atom stereocenters. The summed E-state index contributed by atoms with van der Waals surface area (Å²) >= 11 is 6.37. The van der Waals surface area contributed by atoms with Gasteiger partial charge in [0.05, 0.1) is 0 Å². The molecule has 0 saturated carbocycles. The predicted molar refractivity (Wildman–Crippen MR) is 124 cm³/mol. The number of hydrogen-bond donors (Lipinski definition) is 0. The molecule has 0 saturated heterocycles. The Bertz CT molecular complexity index is 925. The molecule has 0 radical (unpaired) electrons. The van der Waals surface area contributed by atoms with Gasteiger partial charge in [-0.3, -0.25) is 9.78 Å². The summed E-state index contributed by atoms with van der Waals surface area (Å²) in [6.07, 6.45) is 7.18. The average Bonchev–Trinajstić information content (AvgIpc) is 2.79. The first kappa shape index (κ1) is 22.0. The average molecular weight is 421 g/mol. The van der Waals surface area contributed by atoms with Gasteiger partial charge in [-0.2, -0.15) is 0 Å². The lowest BCUT2D eigenvalue weighted by Crippen LogP contribution is -2.32. The molecule has 2 aromatic carbocycles. The molecule has 3 aromatic rings. The minimum atomic E-state index is 0.0194. The van der Waals surface area contributed by atoms with E-state index in [1.165, 1.54) is 24.8 Å². The number of hydrogen-bond acceptors (Lipinski definition) is 2. The van der Waals surface area contributed by atoms with Gasteiger partial charge in [0.25, 0.3) is 5.91 Å². The van der Waals surface area contributed by atoms with Crippen LogP contribution >= 0.6 is 11.6 Å². The van der Waals surface area contributed by atoms with Crippen molar-refractivity contribution in [3.8, 4) is 0 Å². The van der Waals surface area contributed by atoms with Gasteiger partial charge in [0.15, 0.2) is 0 Å². The third-order valence-electron chi connectivity index (χ3n) is 5.24. The molecule has 1 amide bonds. The number of amides is 1. The van der Waals surface area contributed by atoms with Crippen molar-refractivity contribution in [2.75, 3.05) is 6.54 Å². The Labute approximate surface area is 184 Å². The Hall–Kier alpha value is -2.65. The van der Waals surface area contributed by atoms with Crippen LogP contribution in [-0.2, 0) is 19.4 Å². The molecule has 0 unspecified atom stereocenters. The second-order valence-corrected chi connectivity index (χ2v) is 7.95. The summed E-state index contributed by atoms with van der Waals surface area (Å²) in [6, 6.07) is 21.6. The first-order chi connectivity index (χ1) is 14.7. The Morgan fingerprint density at radius 2 is 1.70 bits per heavy atom. The van der Waals surface area contributed by atoms with Gasteiger partial charge in [-0.25, -0.2) is 0 Å². The van der Waals surface area contributed by atoms with Gasteiger partial charge in [-0.05, 0) is 54.3 Å². The molecule has 0 N–H and O–H groups in total. The maximum atomic E-state index is 13.3. The van der Waals surface area contributed by atoms with Crippen molar-refractivity contribution in [1.29, 1.82) is 0 Å². The molecule has 30 heavy (non-hydrogen) atoms. The van der Waals surface area contributed by atoms with Gasteiger partial charge in [0.1, 0.15) is 0 Å². The predicted octanol–water partition coefficient (Wildman–Crippen LogP) is 6.35. The highest BCUT2D eigenvalue weighted by Gasteiger charge is 2.17. The van der Waals surface area contributed by atoms with E-state index in [1.807, 2.05) is 59.5 Å². The van der Waals surface area contributed by atoms with E-state index in [-0.39, 0.29) is 5.91 Å². The third-order valence-corrected chi connectivity index (χ3v) is 5.61. The minimum Gasteiger partial charge on any atom is -0.334 e. The van der Waals surface area contributed by atoms with Crippen LogP contribution in [0.15, 0.2) is 72.9 Å². The fourth-order valence-electron chi connectivity index (χ4n) is 3.46. The van der Waals surface area contributed by atoms with E-state index in [0.29, 0.717) is 30.1 Å². The summed E-state index contributed by atoms with van der Waals surface area (Å²) in [4.78, 5) is 19.6. The number of nitrogens with zero attached hydrogens (tertiary/aromatic N) is 2. The Morgan fingerprint density at radius 1 is 0.933 bits per heavy atom. The maximum Gasteiger partial charge on any atom is 0.254 e. The van der Waals surface area contributed by atoms with Crippen molar-refractivity contribution in [3.05, 3.63) is 100 Å². The van der Waals surface area contributed by atoms with Crippen LogP contribution in [0.2, 0.25) is 5.02 Å². The normalized spacial score (nSPS) is 10.7. The van der Waals surface area contributed by atoms with Crippen molar-refractivity contribution in [3.63, 3.8) is 0 Å². The van der Waals surface area contributed by atoms with Crippen LogP contribution in [0.1, 0.15) is 53.4 Å². The molecule has 3 rings (SSSR count). The van der Waals surface area contributed by atoms with Gasteiger partial charge >= 0.3 is 0 Å². The first-order valence-electron chi connectivity index (χ1n) is 10.7. The molecule has 1 heterocycles. The summed E-state index contributed by atoms with van der Waals surface area (Å²) in [6.45, 7) is 3.27. The fraction of sp³-hybridized carbons (Fsp3) is 0.308. The Balaban J connectivity index is 1.74. The molecule has 0 aliphatic carbocycles. The standard InChI is InChI=1S/C26H29ClN2O/c1-2-3-4-9-21-13-15-22(16-14-21)26(30)29(19-17-24-11-7-8-18-28-24)20-23-10-5-6-12-25(23)27/h5-8,10-16,18H,2-4,9,17,19-20H2,1H3. The van der Waals surface area contributed by atoms with Gasteiger partial charge in [0.2, 0.25) is 0 Å². The molecular weight excluding hydrogens is 392 g/mol. The Morgan fingerprint density at radius 3 is 2.40 bits per heavy atom. The second kappa shape index (κ2) is 11.5. The van der Waals surface area contributed by atoms with Crippen molar-refractivity contribution >= 4 is 17.5 Å². The molecule has 156 valence electrons. The summed E-state index contributed by atoms with van der Waals surface area (Å²) < 4.78 is 0. The number of benzene rings is 2. The zero-order valence-corrected chi connectivity index (χ0v) is 18.3. The van der Waals surface area contributed by atoms with Crippen LogP contribution in [-0.4, -0.2) is 22.3 Å². The molecule has 0 fully saturated rings. The lowest BCUT2D eigenvalue weighted by molar-refractivity contribution is 0.0745. The van der Waals surface area contributed by atoms with E-state index in [4.69, 9.17) is 11.6 Å². The molecule has 3 nitrogen and oxygen atoms in total. The molecule has 0 aliphatic heterocycles. The van der Waals surface area contributed by atoms with Crippen molar-refractivity contribution in [1.82, 2.24) is 9.88 Å². The summed E-state index contributed by atoms with van der Waals surface area (Å²) in [7, 11) is 0. The van der Waals surface area contributed by atoms with Crippen LogP contribution in [0.3, 0.4) is 0 Å². The lowest BCUT2D eigenvalue weighted by atomic mass is 10.0. The number of aryl methyl sites for hydroxylation is 1. The number of aromatic nitrogens is 1. The molecular formula is C26H29ClN2O. The molecule has 0 spiro atoms. The van der Waals surface area contributed by atoms with Gasteiger partial charge in [0, 0.05) is 42.0 Å². The van der Waals surface area contributed by atoms with Gasteiger partial charge in [-0.15, -0.1) is 0 Å². The molecule has 1 aromatic heterocycles. The fourth-order valence-corrected chi connectivity index (χ4v) is 3.65. The van der Waals surface area contributed by atoms with E-state index in [0.717, 1.165) is 17.7 Å². The van der Waals surface area contributed by atoms with Crippen molar-refractivity contribution in [2.45, 2.75) is 45.6 Å². The second-order valence-electron chi connectivity index (χ2n) is 7.54. The highest BCUT2D eigenvalue weighted by atomic mass is 35.5. The number of halogens is 1. The minimum absolute atomic E-state index is 0.0194. The number of carbonyl (C=O) groups is 1. The SMILES string of the molecule is CCCCCc1ccc(C(=O)N(CCc2ccccn2)Cc2ccccc2Cl)cc1. The monoisotopic (exact) mass is 420 g/mol. The maximum absolute atomic E-state index is 13.3. The zero-order chi connectivity index (χ0) is 21.2. The summed E-state index contributed by atoms with van der Waals surface area (Å²) in [5.41, 5.74) is 3.92. The topological polar surface area (TPSA) is 33.2 Å². The van der Waals surface area contributed by atoms with Crippen LogP contribution < -0.4 is 0 Å². The summed E-state index contributed by atoms with van der Waals surface area (Å²) in [5, 5.41) is 0.680. The quantitative estimate of drug-likeness (QED) is 0.358. The van der Waals surface area contributed by atoms with E-state index in [9.17, 15) is 4.79 Å². The lowest BCUT2D eigenvalue weighted by Gasteiger charge is -2.23. The smallest absolute Gasteiger partial charge is 0.254 e. The van der Waals surface area contributed by atoms with Gasteiger partial charge < -0.3 is 4.90 Å². The third kappa shape index (κ3) is 6.43. The van der Waals surface area contributed by atoms with E-state index < -0.39 is 0 Å². The van der Waals surface area contributed by atoms with E-state index in [1.54, 1.807) is 6.20 Å². The molecule has 4 heteroatoms. The van der Waals surface area contributed by atoms with Crippen LogP contribution in [0.5, 0.6) is 0 Å². The number of unbranched alkanes of at least 4 members (excludes halogenated alkanes) is 2. The van der Waals surface area contributed by atoms with Crippen molar-refractivity contribution in [2.24, 2.45) is 0 Å².